The highest BCUT2D eigenvalue weighted by Gasteiger charge is 2.13. The topological polar surface area (TPSA) is 30.7 Å². The highest BCUT2D eigenvalue weighted by Crippen LogP contribution is 2.25. The number of benzene rings is 1. The maximum absolute atomic E-state index is 4.26. The molecule has 1 heterocycles. The summed E-state index contributed by atoms with van der Waals surface area (Å²) in [7, 11) is 2.00. The summed E-state index contributed by atoms with van der Waals surface area (Å²) >= 11 is 3.41. The first-order valence-electron chi connectivity index (χ1n) is 5.16. The van der Waals surface area contributed by atoms with E-state index in [0.29, 0.717) is 0 Å². The van der Waals surface area contributed by atoms with E-state index >= 15 is 0 Å². The molecule has 0 atom stereocenters. The molecule has 3 nitrogen and oxygen atoms in total. The summed E-state index contributed by atoms with van der Waals surface area (Å²) < 4.78 is 2.03. The predicted molar refractivity (Wildman–Crippen MR) is 68.5 cm³/mol. The molecule has 0 radical (unpaired) electrons. The molecule has 0 N–H and O–H groups in total. The standard InChI is InChI=1S/C12H14BrN3/c1-8-5-4-6-9(2)11(8)12-15-14-10(7-13)16(12)3/h4-6H,7H2,1-3H3. The highest BCUT2D eigenvalue weighted by atomic mass is 79.9. The monoisotopic (exact) mass is 279 g/mol. The Labute approximate surface area is 104 Å². The van der Waals surface area contributed by atoms with E-state index in [9.17, 15) is 0 Å². The third kappa shape index (κ3) is 1.78. The van der Waals surface area contributed by atoms with E-state index in [2.05, 4.69) is 58.2 Å². The maximum Gasteiger partial charge on any atom is 0.164 e. The second-order valence-electron chi connectivity index (χ2n) is 3.90. The van der Waals surface area contributed by atoms with Crippen molar-refractivity contribution in [3.8, 4) is 11.4 Å². The van der Waals surface area contributed by atoms with Crippen molar-refractivity contribution in [1.82, 2.24) is 14.8 Å². The largest absolute Gasteiger partial charge is 0.313 e. The molecule has 0 aliphatic rings. The van der Waals surface area contributed by atoms with E-state index in [1.807, 2.05) is 11.6 Å². The third-order valence-corrected chi connectivity index (χ3v) is 3.29. The van der Waals surface area contributed by atoms with Crippen molar-refractivity contribution < 1.29 is 0 Å². The van der Waals surface area contributed by atoms with Crippen molar-refractivity contribution in [2.24, 2.45) is 7.05 Å². The molecule has 1 aromatic carbocycles. The van der Waals surface area contributed by atoms with Gasteiger partial charge in [0.05, 0.1) is 5.33 Å². The van der Waals surface area contributed by atoms with Crippen LogP contribution in [0.2, 0.25) is 0 Å². The van der Waals surface area contributed by atoms with E-state index in [1.165, 1.54) is 16.7 Å². The number of halogens is 1. The molecular formula is C12H14BrN3. The second kappa shape index (κ2) is 4.37. The maximum atomic E-state index is 4.26. The summed E-state index contributed by atoms with van der Waals surface area (Å²) in [4.78, 5) is 0. The van der Waals surface area contributed by atoms with Crippen LogP contribution in [0, 0.1) is 13.8 Å². The van der Waals surface area contributed by atoms with Crippen molar-refractivity contribution in [1.29, 1.82) is 0 Å². The Balaban J connectivity index is 2.63. The molecule has 2 rings (SSSR count). The first-order chi connectivity index (χ1) is 7.65. The highest BCUT2D eigenvalue weighted by molar-refractivity contribution is 9.08. The normalized spacial score (nSPS) is 10.8. The quantitative estimate of drug-likeness (QED) is 0.792. The number of hydrogen-bond acceptors (Lipinski definition) is 2. The van der Waals surface area contributed by atoms with Crippen LogP contribution in [-0.4, -0.2) is 14.8 Å². The van der Waals surface area contributed by atoms with E-state index in [-0.39, 0.29) is 0 Å². The van der Waals surface area contributed by atoms with Gasteiger partial charge in [-0.05, 0) is 25.0 Å². The van der Waals surface area contributed by atoms with Crippen molar-refractivity contribution >= 4 is 15.9 Å². The van der Waals surface area contributed by atoms with E-state index in [1.54, 1.807) is 0 Å². The van der Waals surface area contributed by atoms with Gasteiger partial charge in [-0.1, -0.05) is 34.1 Å². The Kier molecular flexibility index (Phi) is 3.10. The zero-order valence-electron chi connectivity index (χ0n) is 9.66. The van der Waals surface area contributed by atoms with Gasteiger partial charge in [-0.2, -0.15) is 0 Å². The number of aromatic nitrogens is 3. The first-order valence-corrected chi connectivity index (χ1v) is 6.28. The summed E-state index contributed by atoms with van der Waals surface area (Å²) in [5.74, 6) is 1.88. The van der Waals surface area contributed by atoms with Crippen LogP contribution < -0.4 is 0 Å². The molecule has 0 bridgehead atoms. The molecule has 0 aliphatic heterocycles. The third-order valence-electron chi connectivity index (χ3n) is 2.79. The first kappa shape index (κ1) is 11.3. The minimum Gasteiger partial charge on any atom is -0.313 e. The molecular weight excluding hydrogens is 266 g/mol. The Morgan fingerprint density at radius 1 is 1.19 bits per heavy atom. The van der Waals surface area contributed by atoms with Gasteiger partial charge in [-0.25, -0.2) is 0 Å². The average Bonchev–Trinajstić information content (AvgIpc) is 2.60. The molecule has 0 spiro atoms. The lowest BCUT2D eigenvalue weighted by Crippen LogP contribution is -1.99. The van der Waals surface area contributed by atoms with E-state index < -0.39 is 0 Å². The van der Waals surface area contributed by atoms with Gasteiger partial charge in [0.2, 0.25) is 0 Å². The van der Waals surface area contributed by atoms with Gasteiger partial charge in [0.25, 0.3) is 0 Å². The van der Waals surface area contributed by atoms with Crippen LogP contribution in [0.4, 0.5) is 0 Å². The zero-order chi connectivity index (χ0) is 11.7. The fourth-order valence-corrected chi connectivity index (χ4v) is 2.35. The van der Waals surface area contributed by atoms with Crippen LogP contribution in [-0.2, 0) is 12.4 Å². The van der Waals surface area contributed by atoms with Crippen molar-refractivity contribution in [2.45, 2.75) is 19.2 Å². The Morgan fingerprint density at radius 3 is 2.31 bits per heavy atom. The van der Waals surface area contributed by atoms with Crippen LogP contribution in [0.1, 0.15) is 17.0 Å². The van der Waals surface area contributed by atoms with E-state index in [4.69, 9.17) is 0 Å². The van der Waals surface area contributed by atoms with Gasteiger partial charge in [0.15, 0.2) is 5.82 Å². The smallest absolute Gasteiger partial charge is 0.164 e. The molecule has 16 heavy (non-hydrogen) atoms. The Hall–Kier alpha value is -1.16. The van der Waals surface area contributed by atoms with Gasteiger partial charge in [0, 0.05) is 12.6 Å². The summed E-state index contributed by atoms with van der Waals surface area (Å²) in [5, 5.41) is 9.14. The van der Waals surface area contributed by atoms with Crippen molar-refractivity contribution in [3.63, 3.8) is 0 Å². The number of hydrogen-bond donors (Lipinski definition) is 0. The predicted octanol–water partition coefficient (Wildman–Crippen LogP) is 2.99. The molecule has 0 saturated heterocycles. The Morgan fingerprint density at radius 2 is 1.81 bits per heavy atom. The van der Waals surface area contributed by atoms with Gasteiger partial charge in [-0.3, -0.25) is 0 Å². The molecule has 0 saturated carbocycles. The number of aryl methyl sites for hydroxylation is 2. The molecule has 4 heteroatoms. The average molecular weight is 280 g/mol. The SMILES string of the molecule is Cc1cccc(C)c1-c1nnc(CBr)n1C. The van der Waals surface area contributed by atoms with Gasteiger partial charge < -0.3 is 4.57 Å². The summed E-state index contributed by atoms with van der Waals surface area (Å²) in [6.45, 7) is 4.20. The molecule has 0 aliphatic carbocycles. The number of alkyl halides is 1. The minimum absolute atomic E-state index is 0.724. The summed E-state index contributed by atoms with van der Waals surface area (Å²) in [6, 6.07) is 6.27. The molecule has 1 aromatic heterocycles. The van der Waals surface area contributed by atoms with Gasteiger partial charge >= 0.3 is 0 Å². The lowest BCUT2D eigenvalue weighted by atomic mass is 10.0. The molecule has 2 aromatic rings. The lowest BCUT2D eigenvalue weighted by Gasteiger charge is -2.08. The second-order valence-corrected chi connectivity index (χ2v) is 4.46. The molecule has 0 fully saturated rings. The van der Waals surface area contributed by atoms with Crippen LogP contribution in [0.3, 0.4) is 0 Å². The minimum atomic E-state index is 0.724. The summed E-state index contributed by atoms with van der Waals surface area (Å²) in [5.41, 5.74) is 3.65. The fourth-order valence-electron chi connectivity index (χ4n) is 1.86. The van der Waals surface area contributed by atoms with Crippen LogP contribution in [0.25, 0.3) is 11.4 Å². The van der Waals surface area contributed by atoms with Crippen LogP contribution in [0.5, 0.6) is 0 Å². The van der Waals surface area contributed by atoms with Crippen LogP contribution in [0.15, 0.2) is 18.2 Å². The molecule has 0 unspecified atom stereocenters. The van der Waals surface area contributed by atoms with Crippen molar-refractivity contribution in [2.75, 3.05) is 0 Å². The van der Waals surface area contributed by atoms with Crippen molar-refractivity contribution in [3.05, 3.63) is 35.2 Å². The number of rotatable bonds is 2. The van der Waals surface area contributed by atoms with E-state index in [0.717, 1.165) is 17.0 Å². The molecule has 0 amide bonds. The zero-order valence-corrected chi connectivity index (χ0v) is 11.2. The Bertz CT molecular complexity index is 497. The fraction of sp³-hybridized carbons (Fsp3) is 0.333. The lowest BCUT2D eigenvalue weighted by molar-refractivity contribution is 0.857. The number of nitrogens with zero attached hydrogens (tertiary/aromatic N) is 3. The van der Waals surface area contributed by atoms with Gasteiger partial charge in [-0.15, -0.1) is 10.2 Å². The summed E-state index contributed by atoms with van der Waals surface area (Å²) in [6.07, 6.45) is 0. The van der Waals surface area contributed by atoms with Crippen LogP contribution >= 0.6 is 15.9 Å². The van der Waals surface area contributed by atoms with Gasteiger partial charge in [0.1, 0.15) is 5.82 Å². The molecule has 84 valence electrons.